The fraction of sp³-hybridized carbons (Fsp3) is 0.143. The SMILES string of the molecule is N#Cc1cnn2ccn(Cc3cc(Cl)c4c(c3)OCO4)c12. The van der Waals surface area contributed by atoms with Gasteiger partial charge in [-0.15, -0.1) is 0 Å². The zero-order chi connectivity index (χ0) is 14.4. The number of halogens is 1. The monoisotopic (exact) mass is 300 g/mol. The molecule has 1 aromatic carbocycles. The van der Waals surface area contributed by atoms with E-state index in [1.807, 2.05) is 29.1 Å². The van der Waals surface area contributed by atoms with Gasteiger partial charge in [0, 0.05) is 18.9 Å². The van der Waals surface area contributed by atoms with E-state index in [9.17, 15) is 0 Å². The summed E-state index contributed by atoms with van der Waals surface area (Å²) in [4.78, 5) is 0. The Kier molecular flexibility index (Phi) is 2.56. The maximum Gasteiger partial charge on any atom is 0.231 e. The molecule has 7 heteroatoms. The molecule has 0 unspecified atom stereocenters. The summed E-state index contributed by atoms with van der Waals surface area (Å²) in [6.45, 7) is 0.751. The van der Waals surface area contributed by atoms with Crippen LogP contribution in [0, 0.1) is 11.3 Å². The van der Waals surface area contributed by atoms with Gasteiger partial charge >= 0.3 is 0 Å². The van der Waals surface area contributed by atoms with Crippen LogP contribution < -0.4 is 9.47 Å². The lowest BCUT2D eigenvalue weighted by molar-refractivity contribution is 0.174. The normalized spacial score (nSPS) is 12.8. The number of hydrogen-bond acceptors (Lipinski definition) is 4. The summed E-state index contributed by atoms with van der Waals surface area (Å²) in [6.07, 6.45) is 5.24. The molecular weight excluding hydrogens is 292 g/mol. The van der Waals surface area contributed by atoms with Crippen LogP contribution in [0.1, 0.15) is 11.1 Å². The van der Waals surface area contributed by atoms with Crippen LogP contribution in [-0.2, 0) is 6.54 Å². The zero-order valence-electron chi connectivity index (χ0n) is 10.8. The maximum atomic E-state index is 9.13. The summed E-state index contributed by atoms with van der Waals surface area (Å²) in [5.74, 6) is 1.23. The third-order valence-corrected chi connectivity index (χ3v) is 3.67. The summed E-state index contributed by atoms with van der Waals surface area (Å²) in [5, 5.41) is 13.8. The number of fused-ring (bicyclic) bond motifs is 2. The van der Waals surface area contributed by atoms with Crippen molar-refractivity contribution in [3.63, 3.8) is 0 Å². The van der Waals surface area contributed by atoms with Crippen molar-refractivity contribution >= 4 is 17.2 Å². The summed E-state index contributed by atoms with van der Waals surface area (Å²) in [7, 11) is 0. The molecule has 3 aromatic rings. The van der Waals surface area contributed by atoms with E-state index in [-0.39, 0.29) is 6.79 Å². The van der Waals surface area contributed by atoms with Crippen molar-refractivity contribution in [2.24, 2.45) is 0 Å². The lowest BCUT2D eigenvalue weighted by Crippen LogP contribution is -1.99. The van der Waals surface area contributed by atoms with Gasteiger partial charge in [-0.1, -0.05) is 11.6 Å². The first-order valence-corrected chi connectivity index (χ1v) is 6.64. The average Bonchev–Trinajstić information content (AvgIpc) is 3.15. The van der Waals surface area contributed by atoms with Crippen molar-refractivity contribution in [1.29, 1.82) is 5.26 Å². The second-order valence-corrected chi connectivity index (χ2v) is 5.08. The molecule has 0 N–H and O–H groups in total. The van der Waals surface area contributed by atoms with Gasteiger partial charge in [-0.2, -0.15) is 10.4 Å². The van der Waals surface area contributed by atoms with Gasteiger partial charge in [0.15, 0.2) is 17.1 Å². The molecule has 0 bridgehead atoms. The van der Waals surface area contributed by atoms with E-state index in [1.54, 1.807) is 10.7 Å². The first-order valence-electron chi connectivity index (χ1n) is 6.27. The van der Waals surface area contributed by atoms with Gasteiger partial charge in [0.05, 0.1) is 11.2 Å². The van der Waals surface area contributed by atoms with Gasteiger partial charge in [0.1, 0.15) is 11.6 Å². The second-order valence-electron chi connectivity index (χ2n) is 4.68. The van der Waals surface area contributed by atoms with Gasteiger partial charge in [0.25, 0.3) is 0 Å². The fourth-order valence-corrected chi connectivity index (χ4v) is 2.77. The number of aromatic nitrogens is 3. The Morgan fingerprint density at radius 3 is 3.10 bits per heavy atom. The van der Waals surface area contributed by atoms with Crippen LogP contribution in [-0.4, -0.2) is 21.0 Å². The highest BCUT2D eigenvalue weighted by atomic mass is 35.5. The Hall–Kier alpha value is -2.65. The van der Waals surface area contributed by atoms with E-state index in [2.05, 4.69) is 11.2 Å². The van der Waals surface area contributed by atoms with E-state index in [4.69, 9.17) is 26.3 Å². The van der Waals surface area contributed by atoms with Crippen LogP contribution >= 0.6 is 11.6 Å². The molecule has 4 rings (SSSR count). The van der Waals surface area contributed by atoms with E-state index in [1.165, 1.54) is 0 Å². The highest BCUT2D eigenvalue weighted by Crippen LogP contribution is 2.40. The number of imidazole rings is 1. The first kappa shape index (κ1) is 12.1. The molecule has 1 aliphatic heterocycles. The number of nitrogens with zero attached hydrogens (tertiary/aromatic N) is 4. The number of ether oxygens (including phenoxy) is 2. The minimum Gasteiger partial charge on any atom is -0.454 e. The van der Waals surface area contributed by atoms with Crippen molar-refractivity contribution in [2.75, 3.05) is 6.79 Å². The van der Waals surface area contributed by atoms with Crippen LogP contribution in [0.2, 0.25) is 5.02 Å². The molecule has 104 valence electrons. The molecule has 0 saturated heterocycles. The van der Waals surface area contributed by atoms with Crippen molar-refractivity contribution in [3.8, 4) is 17.6 Å². The molecule has 3 heterocycles. The quantitative estimate of drug-likeness (QED) is 0.729. The van der Waals surface area contributed by atoms with Gasteiger partial charge in [-0.3, -0.25) is 0 Å². The molecule has 0 saturated carbocycles. The molecule has 2 aromatic heterocycles. The van der Waals surface area contributed by atoms with Gasteiger partial charge < -0.3 is 14.0 Å². The summed E-state index contributed by atoms with van der Waals surface area (Å²) in [6, 6.07) is 5.88. The predicted molar refractivity (Wildman–Crippen MR) is 74.6 cm³/mol. The molecule has 0 radical (unpaired) electrons. The Balaban J connectivity index is 1.77. The standard InChI is InChI=1S/C14H9ClN4O2/c15-11-3-9(4-12-13(11)21-8-20-12)7-18-1-2-19-14(18)10(5-16)6-17-19/h1-4,6H,7-8H2. The lowest BCUT2D eigenvalue weighted by atomic mass is 10.2. The van der Waals surface area contributed by atoms with Crippen molar-refractivity contribution in [1.82, 2.24) is 14.2 Å². The largest absolute Gasteiger partial charge is 0.454 e. The average molecular weight is 301 g/mol. The van der Waals surface area contributed by atoms with Crippen LogP contribution in [0.25, 0.3) is 5.65 Å². The van der Waals surface area contributed by atoms with Crippen LogP contribution in [0.4, 0.5) is 0 Å². The second kappa shape index (κ2) is 4.43. The molecule has 6 nitrogen and oxygen atoms in total. The number of hydrogen-bond donors (Lipinski definition) is 0. The fourth-order valence-electron chi connectivity index (χ4n) is 2.48. The van der Waals surface area contributed by atoms with Crippen molar-refractivity contribution in [3.05, 3.63) is 46.9 Å². The topological polar surface area (TPSA) is 64.5 Å². The number of nitriles is 1. The zero-order valence-corrected chi connectivity index (χ0v) is 11.5. The predicted octanol–water partition coefficient (Wildman–Crippen LogP) is 2.44. The van der Waals surface area contributed by atoms with Gasteiger partial charge in [-0.25, -0.2) is 4.52 Å². The smallest absolute Gasteiger partial charge is 0.231 e. The third-order valence-electron chi connectivity index (χ3n) is 3.39. The molecule has 0 atom stereocenters. The third kappa shape index (κ3) is 1.82. The van der Waals surface area contributed by atoms with E-state index >= 15 is 0 Å². The van der Waals surface area contributed by atoms with Crippen LogP contribution in [0.15, 0.2) is 30.7 Å². The highest BCUT2D eigenvalue weighted by Gasteiger charge is 2.19. The molecule has 1 aliphatic rings. The summed E-state index contributed by atoms with van der Waals surface area (Å²) >= 11 is 6.19. The number of benzene rings is 1. The molecule has 0 fully saturated rings. The summed E-state index contributed by atoms with van der Waals surface area (Å²) < 4.78 is 14.3. The maximum absolute atomic E-state index is 9.13. The molecule has 0 aliphatic carbocycles. The van der Waals surface area contributed by atoms with Gasteiger partial charge in [-0.05, 0) is 17.7 Å². The van der Waals surface area contributed by atoms with Crippen molar-refractivity contribution in [2.45, 2.75) is 6.54 Å². The highest BCUT2D eigenvalue weighted by molar-refractivity contribution is 6.32. The van der Waals surface area contributed by atoms with Crippen molar-refractivity contribution < 1.29 is 9.47 Å². The Bertz CT molecular complexity index is 890. The van der Waals surface area contributed by atoms with E-state index in [0.29, 0.717) is 28.6 Å². The molecule has 21 heavy (non-hydrogen) atoms. The molecular formula is C14H9ClN4O2. The molecule has 0 amide bonds. The Morgan fingerprint density at radius 2 is 2.24 bits per heavy atom. The Labute approximate surface area is 124 Å². The van der Waals surface area contributed by atoms with E-state index < -0.39 is 0 Å². The van der Waals surface area contributed by atoms with E-state index in [0.717, 1.165) is 11.2 Å². The first-order chi connectivity index (χ1) is 10.3. The Morgan fingerprint density at radius 1 is 1.33 bits per heavy atom. The molecule has 0 spiro atoms. The van der Waals surface area contributed by atoms with Crippen LogP contribution in [0.3, 0.4) is 0 Å². The van der Waals surface area contributed by atoms with Crippen LogP contribution in [0.5, 0.6) is 11.5 Å². The lowest BCUT2D eigenvalue weighted by Gasteiger charge is -2.07. The minimum atomic E-state index is 0.188. The summed E-state index contributed by atoms with van der Waals surface area (Å²) in [5.41, 5.74) is 2.26. The number of rotatable bonds is 2. The van der Waals surface area contributed by atoms with Gasteiger partial charge in [0.2, 0.25) is 6.79 Å². The minimum absolute atomic E-state index is 0.188.